The van der Waals surface area contributed by atoms with Crippen LogP contribution in [0.3, 0.4) is 0 Å². The highest BCUT2D eigenvalue weighted by Gasteiger charge is 2.34. The van der Waals surface area contributed by atoms with Gasteiger partial charge in [-0.3, -0.25) is 5.01 Å². The largest absolute Gasteiger partial charge is 0.409 e. The number of para-hydroxylation sites is 1. The number of thiazole rings is 1. The quantitative estimate of drug-likeness (QED) is 0.394. The number of aromatic nitrogens is 1. The fourth-order valence-corrected chi connectivity index (χ4v) is 4.55. The van der Waals surface area contributed by atoms with Gasteiger partial charge in [0.2, 0.25) is 0 Å². The second-order valence-electron chi connectivity index (χ2n) is 8.62. The molecule has 0 saturated carbocycles. The molecule has 34 heavy (non-hydrogen) atoms. The Morgan fingerprint density at radius 3 is 2.26 bits per heavy atom. The topological polar surface area (TPSA) is 136 Å². The first kappa shape index (κ1) is 25.9. The van der Waals surface area contributed by atoms with E-state index in [1.165, 1.54) is 15.8 Å². The lowest BCUT2D eigenvalue weighted by molar-refractivity contribution is -2.00. The molecule has 11 heteroatoms. The van der Waals surface area contributed by atoms with Crippen LogP contribution in [-0.2, 0) is 7.05 Å². The summed E-state index contributed by atoms with van der Waals surface area (Å²) in [4.78, 5) is 0. The van der Waals surface area contributed by atoms with Gasteiger partial charge in [-0.25, -0.2) is 23.2 Å². The molecule has 1 aliphatic rings. The molecule has 0 N–H and O–H groups in total. The summed E-state index contributed by atoms with van der Waals surface area (Å²) >= 11 is 1.64. The van der Waals surface area contributed by atoms with E-state index in [1.54, 1.807) is 11.3 Å². The summed E-state index contributed by atoms with van der Waals surface area (Å²) < 4.78 is 37.3. The third kappa shape index (κ3) is 6.89. The van der Waals surface area contributed by atoms with Crippen molar-refractivity contribution in [2.75, 3.05) is 5.01 Å². The van der Waals surface area contributed by atoms with Crippen molar-refractivity contribution in [1.82, 2.24) is 0 Å². The van der Waals surface area contributed by atoms with E-state index >= 15 is 0 Å². The van der Waals surface area contributed by atoms with Crippen LogP contribution in [0.2, 0.25) is 0 Å². The summed E-state index contributed by atoms with van der Waals surface area (Å²) in [6.45, 7) is 8.65. The van der Waals surface area contributed by atoms with E-state index in [0.717, 1.165) is 28.6 Å². The van der Waals surface area contributed by atoms with E-state index in [1.807, 2.05) is 31.3 Å². The first-order valence-corrected chi connectivity index (χ1v) is 12.4. The first-order chi connectivity index (χ1) is 15.8. The summed E-state index contributed by atoms with van der Waals surface area (Å²) in [6.07, 6.45) is 3.09. The van der Waals surface area contributed by atoms with E-state index in [4.69, 9.17) is 23.7 Å². The van der Waals surface area contributed by atoms with E-state index in [-0.39, 0.29) is 5.54 Å². The summed E-state index contributed by atoms with van der Waals surface area (Å²) in [6, 6.07) is 16.4. The molecule has 180 valence electrons. The number of anilines is 1. The third-order valence-electron chi connectivity index (χ3n) is 4.93. The highest BCUT2D eigenvalue weighted by Crippen LogP contribution is 2.34. The molecule has 1 aromatic heterocycles. The Morgan fingerprint density at radius 2 is 1.68 bits per heavy atom. The van der Waals surface area contributed by atoms with Crippen LogP contribution in [0.25, 0.3) is 10.2 Å². The monoisotopic (exact) mass is 503 g/mol. The van der Waals surface area contributed by atoms with Crippen LogP contribution in [0, 0.1) is 10.2 Å². The van der Waals surface area contributed by atoms with Gasteiger partial charge in [-0.2, -0.15) is 5.10 Å². The van der Waals surface area contributed by atoms with Crippen LogP contribution in [0.4, 0.5) is 16.5 Å². The van der Waals surface area contributed by atoms with Crippen LogP contribution in [0.5, 0.6) is 0 Å². The minimum absolute atomic E-state index is 0.0465. The van der Waals surface area contributed by atoms with E-state index in [9.17, 15) is 0 Å². The summed E-state index contributed by atoms with van der Waals surface area (Å²) in [7, 11) is -2.92. The van der Waals surface area contributed by atoms with Gasteiger partial charge in [-0.05, 0) is 86.6 Å². The van der Waals surface area contributed by atoms with Crippen LogP contribution < -0.4 is 28.2 Å². The van der Waals surface area contributed by atoms with Crippen molar-refractivity contribution in [3.05, 3.63) is 60.2 Å². The average Bonchev–Trinajstić information content (AvgIpc) is 3.20. The molecule has 0 unspecified atom stereocenters. The second-order valence-corrected chi connectivity index (χ2v) is 10.4. The Kier molecular flexibility index (Phi) is 7.81. The molecule has 3 aromatic rings. The van der Waals surface area contributed by atoms with Gasteiger partial charge < -0.3 is 0 Å². The normalized spacial score (nSPS) is 15.3. The highest BCUT2D eigenvalue weighted by molar-refractivity contribution is 7.21. The van der Waals surface area contributed by atoms with E-state index < -0.39 is 10.2 Å². The minimum Gasteiger partial charge on any atom is -0.259 e. The van der Waals surface area contributed by atoms with Crippen molar-refractivity contribution < 1.29 is 33.4 Å². The van der Waals surface area contributed by atoms with Gasteiger partial charge in [0.1, 0.15) is 11.2 Å². The number of allylic oxidation sites excluding steroid dienone is 2. The Hall–Kier alpha value is -2.73. The standard InChI is InChI=1S/C23H26N5S.ClHO4/c1-16(2)14-18-15-23(3,4)28(26-18)19-12-10-17(11-13-19)24-25-22-27(5)20-8-6-7-9-21(20)29-22;2-1(3,4)5/h6-14H,15H2,1-5H3;(H,2,3,4,5)/q+1;/p-1. The van der Waals surface area contributed by atoms with E-state index in [0.29, 0.717) is 0 Å². The number of aryl methyl sites for hydroxylation is 1. The smallest absolute Gasteiger partial charge is 0.259 e. The van der Waals surface area contributed by atoms with Crippen molar-refractivity contribution in [1.29, 1.82) is 0 Å². The molecule has 0 radical (unpaired) electrons. The third-order valence-corrected chi connectivity index (χ3v) is 6.03. The molecule has 0 spiro atoms. The van der Waals surface area contributed by atoms with Crippen LogP contribution in [0.15, 0.2) is 75.5 Å². The van der Waals surface area contributed by atoms with Crippen LogP contribution in [0.1, 0.15) is 34.1 Å². The van der Waals surface area contributed by atoms with Gasteiger partial charge in [0.25, 0.3) is 0 Å². The number of halogens is 1. The number of fused-ring (bicyclic) bond motifs is 1. The number of rotatable bonds is 4. The van der Waals surface area contributed by atoms with Crippen molar-refractivity contribution in [3.63, 3.8) is 0 Å². The van der Waals surface area contributed by atoms with Crippen molar-refractivity contribution in [3.8, 4) is 0 Å². The summed E-state index contributed by atoms with van der Waals surface area (Å²) in [5.41, 5.74) is 5.41. The molecule has 0 fully saturated rings. The summed E-state index contributed by atoms with van der Waals surface area (Å²) in [5, 5.41) is 16.7. The molecule has 0 aliphatic carbocycles. The van der Waals surface area contributed by atoms with Crippen molar-refractivity contribution in [2.45, 2.75) is 39.7 Å². The molecule has 4 rings (SSSR count). The van der Waals surface area contributed by atoms with Crippen LogP contribution in [-0.4, -0.2) is 11.3 Å². The van der Waals surface area contributed by atoms with Crippen molar-refractivity contribution >= 4 is 43.8 Å². The molecule has 0 amide bonds. The van der Waals surface area contributed by atoms with Crippen LogP contribution >= 0.6 is 11.3 Å². The van der Waals surface area contributed by atoms with Gasteiger partial charge in [-0.1, -0.05) is 17.7 Å². The molecule has 2 aromatic carbocycles. The van der Waals surface area contributed by atoms with Gasteiger partial charge >= 0.3 is 5.13 Å². The molecular formula is C23H26ClN5O4S. The zero-order chi connectivity index (χ0) is 25.1. The Labute approximate surface area is 204 Å². The first-order valence-electron chi connectivity index (χ1n) is 10.4. The Bertz CT molecular complexity index is 1240. The predicted molar refractivity (Wildman–Crippen MR) is 122 cm³/mol. The lowest BCUT2D eigenvalue weighted by atomic mass is 9.97. The second kappa shape index (κ2) is 10.3. The van der Waals surface area contributed by atoms with Gasteiger partial charge in [-0.15, -0.1) is 10.2 Å². The maximum atomic E-state index is 8.49. The number of hydrogen-bond donors (Lipinski definition) is 0. The van der Waals surface area contributed by atoms with E-state index in [2.05, 4.69) is 77.8 Å². The molecule has 0 saturated heterocycles. The number of nitrogens with zero attached hydrogens (tertiary/aromatic N) is 5. The molecular weight excluding hydrogens is 478 g/mol. The molecule has 9 nitrogen and oxygen atoms in total. The number of benzene rings is 2. The number of hydrogen-bond acceptors (Lipinski definition) is 9. The van der Waals surface area contributed by atoms with Gasteiger partial charge in [0.05, 0.1) is 33.8 Å². The van der Waals surface area contributed by atoms with Gasteiger partial charge in [0, 0.05) is 6.42 Å². The molecule has 0 atom stereocenters. The number of hydrazone groups is 1. The fourth-order valence-electron chi connectivity index (χ4n) is 3.58. The molecule has 2 heterocycles. The fraction of sp³-hybridized carbons (Fsp3) is 0.304. The maximum Gasteiger partial charge on any atom is 0.409 e. The molecule has 0 bridgehead atoms. The summed E-state index contributed by atoms with van der Waals surface area (Å²) in [5.74, 6) is 0. The minimum atomic E-state index is -4.94. The lowest BCUT2D eigenvalue weighted by Crippen LogP contribution is -2.68. The predicted octanol–water partition coefficient (Wildman–Crippen LogP) is 1.70. The Balaban J connectivity index is 0.000000588. The average molecular weight is 504 g/mol. The molecule has 1 aliphatic heterocycles. The van der Waals surface area contributed by atoms with Gasteiger partial charge in [0.15, 0.2) is 0 Å². The maximum absolute atomic E-state index is 8.49. The zero-order valence-electron chi connectivity index (χ0n) is 19.6. The van der Waals surface area contributed by atoms with Crippen molar-refractivity contribution in [2.24, 2.45) is 22.4 Å². The lowest BCUT2D eigenvalue weighted by Gasteiger charge is -2.30. The SMILES string of the molecule is CC(C)=CC1=NN(c2ccc(N=Nc3sc4ccccc4[n+]3C)cc2)C(C)(C)C1.[O-][Cl+3]([O-])([O-])[O-]. The highest BCUT2D eigenvalue weighted by atomic mass is 35.7. The zero-order valence-corrected chi connectivity index (χ0v) is 21.1. The Morgan fingerprint density at radius 1 is 1.06 bits per heavy atom. The number of azo groups is 1.